The van der Waals surface area contributed by atoms with E-state index in [1.807, 2.05) is 12.1 Å². The summed E-state index contributed by atoms with van der Waals surface area (Å²) in [6.07, 6.45) is 1.44. The van der Waals surface area contributed by atoms with E-state index in [-0.39, 0.29) is 22.7 Å². The van der Waals surface area contributed by atoms with E-state index in [0.29, 0.717) is 16.5 Å². The van der Waals surface area contributed by atoms with Crippen LogP contribution >= 0.6 is 11.8 Å². The minimum Gasteiger partial charge on any atom is -0.465 e. The fourth-order valence-electron chi connectivity index (χ4n) is 2.54. The molecular weight excluding hydrogens is 408 g/mol. The van der Waals surface area contributed by atoms with Gasteiger partial charge >= 0.3 is 11.9 Å². The van der Waals surface area contributed by atoms with Crippen molar-refractivity contribution in [2.24, 2.45) is 0 Å². The summed E-state index contributed by atoms with van der Waals surface area (Å²) in [5, 5.41) is 9.96. The first kappa shape index (κ1) is 21.1. The van der Waals surface area contributed by atoms with Crippen LogP contribution in [0.3, 0.4) is 0 Å². The van der Waals surface area contributed by atoms with Crippen LogP contribution in [0.25, 0.3) is 0 Å². The van der Waals surface area contributed by atoms with Crippen LogP contribution in [0.4, 0.5) is 5.69 Å². The molecule has 1 aromatic heterocycles. The van der Waals surface area contributed by atoms with Gasteiger partial charge in [-0.3, -0.25) is 9.89 Å². The van der Waals surface area contributed by atoms with E-state index in [0.717, 1.165) is 5.56 Å². The average molecular weight is 426 g/mol. The Bertz CT molecular complexity index is 1020. The predicted octanol–water partition coefficient (Wildman–Crippen LogP) is 2.92. The summed E-state index contributed by atoms with van der Waals surface area (Å²) in [7, 11) is 2.46. The van der Waals surface area contributed by atoms with E-state index in [1.54, 1.807) is 12.1 Å². The van der Waals surface area contributed by atoms with E-state index in [1.165, 1.54) is 50.5 Å². The fourth-order valence-corrected chi connectivity index (χ4v) is 3.28. The fraction of sp³-hybridized carbons (Fsp3) is 0.150. The summed E-state index contributed by atoms with van der Waals surface area (Å²) in [5.74, 6) is -0.988. The Balaban J connectivity index is 1.72. The van der Waals surface area contributed by atoms with Crippen LogP contribution in [0.2, 0.25) is 0 Å². The number of esters is 2. The molecule has 10 heteroatoms. The summed E-state index contributed by atoms with van der Waals surface area (Å²) in [6, 6.07) is 11.3. The number of hydrogen-bond donors (Lipinski definition) is 2. The lowest BCUT2D eigenvalue weighted by molar-refractivity contribution is 0.0599. The van der Waals surface area contributed by atoms with Crippen LogP contribution in [-0.2, 0) is 15.2 Å². The Labute approximate surface area is 176 Å². The van der Waals surface area contributed by atoms with Crippen LogP contribution in [-0.4, -0.2) is 47.2 Å². The number of H-pyrrole nitrogens is 1. The van der Waals surface area contributed by atoms with Gasteiger partial charge < -0.3 is 14.8 Å². The van der Waals surface area contributed by atoms with Crippen molar-refractivity contribution in [1.82, 2.24) is 15.2 Å². The molecular formula is C20H18N4O5S. The van der Waals surface area contributed by atoms with E-state index >= 15 is 0 Å². The summed E-state index contributed by atoms with van der Waals surface area (Å²) >= 11 is 1.49. The summed E-state index contributed by atoms with van der Waals surface area (Å²) in [5.41, 5.74) is 1.94. The number of aromatic amines is 1. The Morgan fingerprint density at radius 1 is 0.967 bits per heavy atom. The first-order valence-corrected chi connectivity index (χ1v) is 9.69. The second-order valence-electron chi connectivity index (χ2n) is 6.01. The molecule has 2 N–H and O–H groups in total. The van der Waals surface area contributed by atoms with E-state index in [9.17, 15) is 14.4 Å². The smallest absolute Gasteiger partial charge is 0.337 e. The van der Waals surface area contributed by atoms with Crippen LogP contribution in [0.15, 0.2) is 53.9 Å². The third-order valence-corrected chi connectivity index (χ3v) is 4.97. The van der Waals surface area contributed by atoms with Gasteiger partial charge in [-0.05, 0) is 35.9 Å². The molecule has 1 heterocycles. The molecule has 0 aliphatic heterocycles. The maximum Gasteiger partial charge on any atom is 0.337 e. The van der Waals surface area contributed by atoms with Crippen molar-refractivity contribution < 1.29 is 23.9 Å². The molecule has 2 aromatic carbocycles. The van der Waals surface area contributed by atoms with Gasteiger partial charge in [-0.1, -0.05) is 23.9 Å². The number of methoxy groups -OCH3 is 2. The number of nitrogens with one attached hydrogen (secondary N) is 2. The zero-order valence-corrected chi connectivity index (χ0v) is 17.0. The maximum absolute atomic E-state index is 12.6. The first-order chi connectivity index (χ1) is 14.5. The van der Waals surface area contributed by atoms with Crippen molar-refractivity contribution >= 4 is 35.3 Å². The second-order valence-corrected chi connectivity index (χ2v) is 6.98. The molecule has 1 amide bonds. The molecule has 3 aromatic rings. The highest BCUT2D eigenvalue weighted by Gasteiger charge is 2.15. The zero-order valence-electron chi connectivity index (χ0n) is 16.2. The highest BCUT2D eigenvalue weighted by atomic mass is 32.2. The number of nitrogens with zero attached hydrogens (tertiary/aromatic N) is 2. The average Bonchev–Trinajstić information content (AvgIpc) is 3.30. The Hall–Kier alpha value is -3.66. The van der Waals surface area contributed by atoms with E-state index in [2.05, 4.69) is 20.5 Å². The number of carbonyl (C=O) groups is 3. The Morgan fingerprint density at radius 2 is 1.60 bits per heavy atom. The molecule has 154 valence electrons. The number of anilines is 1. The number of benzene rings is 2. The molecule has 0 unspecified atom stereocenters. The van der Waals surface area contributed by atoms with Crippen molar-refractivity contribution in [2.75, 3.05) is 19.5 Å². The molecule has 0 spiro atoms. The molecule has 0 saturated heterocycles. The number of carbonyl (C=O) groups excluding carboxylic acids is 3. The molecule has 0 saturated carbocycles. The molecule has 9 nitrogen and oxygen atoms in total. The SMILES string of the molecule is COC(=O)c1cc(NC(=O)c2ccc(CSc3ncn[nH]3)cc2)cc(C(=O)OC)c1. The summed E-state index contributed by atoms with van der Waals surface area (Å²) in [6.45, 7) is 0. The Kier molecular flexibility index (Phi) is 6.81. The van der Waals surface area contributed by atoms with Gasteiger partial charge in [0.2, 0.25) is 0 Å². The topological polar surface area (TPSA) is 123 Å². The van der Waals surface area contributed by atoms with Gasteiger partial charge in [-0.2, -0.15) is 5.10 Å². The van der Waals surface area contributed by atoms with Gasteiger partial charge in [0.05, 0.1) is 25.3 Å². The number of rotatable bonds is 7. The number of hydrogen-bond acceptors (Lipinski definition) is 8. The summed E-state index contributed by atoms with van der Waals surface area (Å²) in [4.78, 5) is 40.4. The minimum atomic E-state index is -0.634. The molecule has 0 radical (unpaired) electrons. The lowest BCUT2D eigenvalue weighted by Crippen LogP contribution is -2.14. The van der Waals surface area contributed by atoms with Crippen LogP contribution in [0.5, 0.6) is 0 Å². The van der Waals surface area contributed by atoms with E-state index < -0.39 is 11.9 Å². The van der Waals surface area contributed by atoms with Crippen LogP contribution < -0.4 is 5.32 Å². The predicted molar refractivity (Wildman–Crippen MR) is 109 cm³/mol. The van der Waals surface area contributed by atoms with Gasteiger partial charge in [-0.25, -0.2) is 14.6 Å². The molecule has 0 atom stereocenters. The van der Waals surface area contributed by atoms with Crippen molar-refractivity contribution in [3.63, 3.8) is 0 Å². The minimum absolute atomic E-state index is 0.121. The van der Waals surface area contributed by atoms with Gasteiger partial charge in [-0.15, -0.1) is 0 Å². The molecule has 30 heavy (non-hydrogen) atoms. The highest BCUT2D eigenvalue weighted by molar-refractivity contribution is 7.98. The van der Waals surface area contributed by atoms with Crippen molar-refractivity contribution in [2.45, 2.75) is 10.9 Å². The van der Waals surface area contributed by atoms with Gasteiger partial charge in [0, 0.05) is 17.0 Å². The molecule has 0 aliphatic carbocycles. The van der Waals surface area contributed by atoms with Crippen LogP contribution in [0.1, 0.15) is 36.6 Å². The lowest BCUT2D eigenvalue weighted by Gasteiger charge is -2.10. The maximum atomic E-state index is 12.6. The zero-order chi connectivity index (χ0) is 21.5. The number of thioether (sulfide) groups is 1. The lowest BCUT2D eigenvalue weighted by atomic mass is 10.1. The standard InChI is InChI=1S/C20H18N4O5S/c1-28-18(26)14-7-15(19(27)29-2)9-16(8-14)23-17(25)13-5-3-12(4-6-13)10-30-20-21-11-22-24-20/h3-9,11H,10H2,1-2H3,(H,23,25)(H,21,22,24). The number of amides is 1. The molecule has 0 aliphatic rings. The van der Waals surface area contributed by atoms with E-state index in [4.69, 9.17) is 9.47 Å². The second kappa shape index (κ2) is 9.70. The van der Waals surface area contributed by atoms with Gasteiger partial charge in [0.15, 0.2) is 5.16 Å². The van der Waals surface area contributed by atoms with Crippen molar-refractivity contribution in [3.05, 3.63) is 71.0 Å². The Morgan fingerprint density at radius 3 is 2.13 bits per heavy atom. The highest BCUT2D eigenvalue weighted by Crippen LogP contribution is 2.20. The quantitative estimate of drug-likeness (QED) is 0.437. The molecule has 3 rings (SSSR count). The number of ether oxygens (including phenoxy) is 2. The normalized spacial score (nSPS) is 10.3. The van der Waals surface area contributed by atoms with Crippen molar-refractivity contribution in [1.29, 1.82) is 0 Å². The first-order valence-electron chi connectivity index (χ1n) is 8.70. The molecule has 0 fully saturated rings. The number of aromatic nitrogens is 3. The van der Waals surface area contributed by atoms with Crippen LogP contribution in [0, 0.1) is 0 Å². The molecule has 0 bridgehead atoms. The van der Waals surface area contributed by atoms with Crippen molar-refractivity contribution in [3.8, 4) is 0 Å². The largest absolute Gasteiger partial charge is 0.465 e. The van der Waals surface area contributed by atoms with Gasteiger partial charge in [0.25, 0.3) is 5.91 Å². The van der Waals surface area contributed by atoms with Gasteiger partial charge in [0.1, 0.15) is 6.33 Å². The monoisotopic (exact) mass is 426 g/mol. The third kappa shape index (κ3) is 5.23. The third-order valence-electron chi connectivity index (χ3n) is 4.02. The summed E-state index contributed by atoms with van der Waals surface area (Å²) < 4.78 is 9.39.